The molecule has 0 spiro atoms. The summed E-state index contributed by atoms with van der Waals surface area (Å²) < 4.78 is 10.6. The van der Waals surface area contributed by atoms with E-state index < -0.39 is 0 Å². The fourth-order valence-corrected chi connectivity index (χ4v) is 3.06. The predicted molar refractivity (Wildman–Crippen MR) is 85.9 cm³/mol. The van der Waals surface area contributed by atoms with Crippen molar-refractivity contribution in [3.8, 4) is 0 Å². The molecule has 6 nitrogen and oxygen atoms in total. The van der Waals surface area contributed by atoms with Crippen LogP contribution in [0, 0.1) is 5.92 Å². The number of hydrogen-bond donors (Lipinski definition) is 1. The summed E-state index contributed by atoms with van der Waals surface area (Å²) in [6, 6.07) is 0. The normalized spacial score (nSPS) is 24.2. The lowest BCUT2D eigenvalue weighted by Gasteiger charge is -2.33. The van der Waals surface area contributed by atoms with E-state index in [1.165, 1.54) is 20.0 Å². The monoisotopic (exact) mass is 311 g/mol. The molecule has 126 valence electrons. The van der Waals surface area contributed by atoms with Crippen LogP contribution in [0.4, 0.5) is 0 Å². The van der Waals surface area contributed by atoms with Crippen LogP contribution in [-0.4, -0.2) is 62.8 Å². The van der Waals surface area contributed by atoms with Gasteiger partial charge in [-0.15, -0.1) is 0 Å². The highest BCUT2D eigenvalue weighted by molar-refractivity contribution is 5.80. The summed E-state index contributed by atoms with van der Waals surface area (Å²) >= 11 is 0. The fraction of sp³-hybridized carbons (Fsp3) is 0.875. The van der Waals surface area contributed by atoms with Gasteiger partial charge in [-0.05, 0) is 39.0 Å². The zero-order valence-corrected chi connectivity index (χ0v) is 13.8. The molecule has 2 saturated heterocycles. The van der Waals surface area contributed by atoms with Crippen molar-refractivity contribution in [2.45, 2.75) is 45.1 Å². The number of piperidine rings is 1. The van der Waals surface area contributed by atoms with E-state index in [2.05, 4.69) is 17.1 Å². The first-order chi connectivity index (χ1) is 10.7. The van der Waals surface area contributed by atoms with E-state index in [0.29, 0.717) is 0 Å². The highest BCUT2D eigenvalue weighted by atomic mass is 16.5. The van der Waals surface area contributed by atoms with Crippen LogP contribution in [0.1, 0.15) is 39.0 Å². The third kappa shape index (κ3) is 4.87. The summed E-state index contributed by atoms with van der Waals surface area (Å²) in [4.78, 5) is 18.6. The lowest BCUT2D eigenvalue weighted by atomic mass is 9.97. The Kier molecular flexibility index (Phi) is 6.96. The van der Waals surface area contributed by atoms with Crippen LogP contribution < -0.4 is 5.32 Å². The Morgan fingerprint density at radius 2 is 2.09 bits per heavy atom. The second kappa shape index (κ2) is 8.98. The van der Waals surface area contributed by atoms with Crippen molar-refractivity contribution < 1.29 is 14.3 Å². The molecule has 2 rings (SSSR count). The molecule has 2 aliphatic heterocycles. The standard InChI is InChI=1S/C16H29N3O3/c1-3-17-16(18-12-14-6-4-5-11-22-14)19-9-7-13(8-10-19)15(20)21-2/h13-14H,3-12H2,1-2H3,(H,17,18). The van der Waals surface area contributed by atoms with Crippen LogP contribution in [0.15, 0.2) is 4.99 Å². The number of methoxy groups -OCH3 is 1. The summed E-state index contributed by atoms with van der Waals surface area (Å²) in [6.45, 7) is 6.20. The average Bonchev–Trinajstić information content (AvgIpc) is 2.59. The molecular weight excluding hydrogens is 282 g/mol. The number of hydrogen-bond acceptors (Lipinski definition) is 4. The molecule has 1 N–H and O–H groups in total. The summed E-state index contributed by atoms with van der Waals surface area (Å²) in [5.41, 5.74) is 0. The largest absolute Gasteiger partial charge is 0.469 e. The van der Waals surface area contributed by atoms with Gasteiger partial charge in [0.1, 0.15) is 0 Å². The van der Waals surface area contributed by atoms with Crippen molar-refractivity contribution in [1.29, 1.82) is 0 Å². The van der Waals surface area contributed by atoms with Crippen LogP contribution in [0.2, 0.25) is 0 Å². The van der Waals surface area contributed by atoms with E-state index in [4.69, 9.17) is 14.5 Å². The maximum Gasteiger partial charge on any atom is 0.308 e. The molecule has 2 aliphatic rings. The fourth-order valence-electron chi connectivity index (χ4n) is 3.06. The Labute approximate surface area is 133 Å². The van der Waals surface area contributed by atoms with Crippen molar-refractivity contribution >= 4 is 11.9 Å². The molecule has 0 aromatic rings. The van der Waals surface area contributed by atoms with E-state index in [0.717, 1.165) is 58.0 Å². The summed E-state index contributed by atoms with van der Waals surface area (Å²) in [5, 5.41) is 3.35. The SMILES string of the molecule is CCNC(=NCC1CCCCO1)N1CCC(C(=O)OC)CC1. The van der Waals surface area contributed by atoms with E-state index in [1.54, 1.807) is 0 Å². The maximum absolute atomic E-state index is 11.6. The smallest absolute Gasteiger partial charge is 0.308 e. The van der Waals surface area contributed by atoms with Gasteiger partial charge >= 0.3 is 5.97 Å². The van der Waals surface area contributed by atoms with Gasteiger partial charge < -0.3 is 19.7 Å². The van der Waals surface area contributed by atoms with Gasteiger partial charge in [-0.3, -0.25) is 9.79 Å². The molecule has 0 aromatic heterocycles. The summed E-state index contributed by atoms with van der Waals surface area (Å²) in [6.07, 6.45) is 5.43. The molecule has 2 heterocycles. The first-order valence-electron chi connectivity index (χ1n) is 8.47. The highest BCUT2D eigenvalue weighted by Gasteiger charge is 2.27. The van der Waals surface area contributed by atoms with Crippen molar-refractivity contribution in [3.05, 3.63) is 0 Å². The molecule has 2 fully saturated rings. The lowest BCUT2D eigenvalue weighted by molar-refractivity contribution is -0.146. The highest BCUT2D eigenvalue weighted by Crippen LogP contribution is 2.19. The van der Waals surface area contributed by atoms with Crippen LogP contribution in [0.5, 0.6) is 0 Å². The molecule has 1 unspecified atom stereocenters. The number of likely N-dealkylation sites (tertiary alicyclic amines) is 1. The van der Waals surface area contributed by atoms with Gasteiger partial charge in [0.2, 0.25) is 0 Å². The third-order valence-corrected chi connectivity index (χ3v) is 4.38. The molecule has 0 aliphatic carbocycles. The number of aliphatic imine (C=N–C) groups is 1. The van der Waals surface area contributed by atoms with E-state index in [-0.39, 0.29) is 18.0 Å². The Morgan fingerprint density at radius 3 is 2.68 bits per heavy atom. The van der Waals surface area contributed by atoms with Crippen LogP contribution >= 0.6 is 0 Å². The number of ether oxygens (including phenoxy) is 2. The summed E-state index contributed by atoms with van der Waals surface area (Å²) in [7, 11) is 1.46. The summed E-state index contributed by atoms with van der Waals surface area (Å²) in [5.74, 6) is 0.892. The molecule has 0 radical (unpaired) electrons. The Morgan fingerprint density at radius 1 is 1.32 bits per heavy atom. The zero-order valence-electron chi connectivity index (χ0n) is 13.8. The molecular formula is C16H29N3O3. The zero-order chi connectivity index (χ0) is 15.8. The van der Waals surface area contributed by atoms with Gasteiger partial charge in [-0.25, -0.2) is 0 Å². The van der Waals surface area contributed by atoms with E-state index >= 15 is 0 Å². The van der Waals surface area contributed by atoms with Gasteiger partial charge in [0, 0.05) is 26.2 Å². The quantitative estimate of drug-likeness (QED) is 0.483. The van der Waals surface area contributed by atoms with Crippen LogP contribution in [0.25, 0.3) is 0 Å². The topological polar surface area (TPSA) is 63.2 Å². The van der Waals surface area contributed by atoms with Crippen molar-refractivity contribution in [2.24, 2.45) is 10.9 Å². The predicted octanol–water partition coefficient (Wildman–Crippen LogP) is 1.41. The molecule has 0 bridgehead atoms. The lowest BCUT2D eigenvalue weighted by Crippen LogP contribution is -2.47. The number of esters is 1. The van der Waals surface area contributed by atoms with E-state index in [1.807, 2.05) is 0 Å². The number of rotatable bonds is 4. The van der Waals surface area contributed by atoms with E-state index in [9.17, 15) is 4.79 Å². The first-order valence-corrected chi connectivity index (χ1v) is 8.47. The van der Waals surface area contributed by atoms with Gasteiger partial charge in [0.05, 0.1) is 25.7 Å². The number of carbonyl (C=O) groups excluding carboxylic acids is 1. The van der Waals surface area contributed by atoms with Gasteiger partial charge in [-0.1, -0.05) is 0 Å². The average molecular weight is 311 g/mol. The third-order valence-electron chi connectivity index (χ3n) is 4.38. The minimum atomic E-state index is -0.0859. The van der Waals surface area contributed by atoms with Crippen molar-refractivity contribution in [1.82, 2.24) is 10.2 Å². The van der Waals surface area contributed by atoms with Gasteiger partial charge in [-0.2, -0.15) is 0 Å². The Hall–Kier alpha value is -1.30. The second-order valence-corrected chi connectivity index (χ2v) is 5.97. The molecule has 22 heavy (non-hydrogen) atoms. The maximum atomic E-state index is 11.6. The van der Waals surface area contributed by atoms with Gasteiger partial charge in [0.15, 0.2) is 5.96 Å². The number of guanidine groups is 1. The van der Waals surface area contributed by atoms with Crippen LogP contribution in [0.3, 0.4) is 0 Å². The van der Waals surface area contributed by atoms with Crippen molar-refractivity contribution in [3.63, 3.8) is 0 Å². The van der Waals surface area contributed by atoms with Crippen LogP contribution in [-0.2, 0) is 14.3 Å². The second-order valence-electron chi connectivity index (χ2n) is 5.97. The number of nitrogens with one attached hydrogen (secondary N) is 1. The minimum Gasteiger partial charge on any atom is -0.469 e. The Bertz CT molecular complexity index is 373. The van der Waals surface area contributed by atoms with Gasteiger partial charge in [0.25, 0.3) is 0 Å². The van der Waals surface area contributed by atoms with Crippen molar-refractivity contribution in [2.75, 3.05) is 39.9 Å². The minimum absolute atomic E-state index is 0.0332. The number of carbonyl (C=O) groups is 1. The molecule has 0 aromatic carbocycles. The number of nitrogens with zero attached hydrogens (tertiary/aromatic N) is 2. The molecule has 0 saturated carbocycles. The Balaban J connectivity index is 1.86. The molecule has 6 heteroatoms. The molecule has 0 amide bonds. The first kappa shape index (κ1) is 17.1. The molecule has 1 atom stereocenters.